The highest BCUT2D eigenvalue weighted by Crippen LogP contribution is 2.41. The van der Waals surface area contributed by atoms with E-state index in [9.17, 15) is 37.5 Å². The first-order chi connectivity index (χ1) is 34.6. The van der Waals surface area contributed by atoms with Crippen LogP contribution < -0.4 is 9.80 Å². The molecule has 4 aromatic rings. The lowest BCUT2D eigenvalue weighted by Crippen LogP contribution is -2.41. The van der Waals surface area contributed by atoms with Crippen molar-refractivity contribution in [1.29, 1.82) is 0 Å². The molecule has 0 spiro atoms. The van der Waals surface area contributed by atoms with Gasteiger partial charge in [-0.15, -0.1) is 0 Å². The minimum atomic E-state index is -0.622. The van der Waals surface area contributed by atoms with E-state index >= 15 is 0 Å². The second-order valence-electron chi connectivity index (χ2n) is 21.5. The molecule has 0 atom stereocenters. The lowest BCUT2D eigenvalue weighted by molar-refractivity contribution is -0.115. The second kappa shape index (κ2) is 21.8. The van der Waals surface area contributed by atoms with E-state index < -0.39 is 40.4 Å². The van der Waals surface area contributed by atoms with Gasteiger partial charge in [0.05, 0.1) is 46.8 Å². The minimum absolute atomic E-state index is 0.115. The molecule has 390 valence electrons. The third-order valence-electron chi connectivity index (χ3n) is 13.1. The number of amides is 4. The van der Waals surface area contributed by atoms with E-state index in [4.69, 9.17) is 18.8 Å². The predicted octanol–water partition coefficient (Wildman–Crippen LogP) is 11.1. The van der Waals surface area contributed by atoms with Gasteiger partial charge in [0, 0.05) is 30.7 Å². The highest BCUT2D eigenvalue weighted by atomic mass is 79.9. The summed E-state index contributed by atoms with van der Waals surface area (Å²) in [5.74, 6) is -3.07. The number of carbonyl (C=O) groups excluding carboxylic acids is 6. The lowest BCUT2D eigenvalue weighted by Gasteiger charge is -2.32. The molecule has 0 N–H and O–H groups in total. The van der Waals surface area contributed by atoms with Crippen LogP contribution in [0.4, 0.5) is 29.7 Å². The SMILES string of the molecule is CC(C)(C)OC(=O)N1CC=C(B2OC(C)(C)C(C)(C)O2)CC1.CC(C)(C)OC(=O)N1CC=C(c2cccc3c2C(=O)C(=O)N3Cc2cccc(F)c2)CC1.O=C1C(=O)N(Cc2cccc(F)c2)c2cccc(Br)c21. The fourth-order valence-electron chi connectivity index (χ4n) is 8.65. The molecule has 5 aliphatic heterocycles. The van der Waals surface area contributed by atoms with Gasteiger partial charge in [0.15, 0.2) is 0 Å². The summed E-state index contributed by atoms with van der Waals surface area (Å²) in [6.07, 6.45) is 4.57. The van der Waals surface area contributed by atoms with Crippen LogP contribution in [0.3, 0.4) is 0 Å². The molecule has 0 aliphatic carbocycles. The molecule has 0 bridgehead atoms. The monoisotopic (exact) mass is 1080 g/mol. The van der Waals surface area contributed by atoms with E-state index in [1.807, 2.05) is 87.5 Å². The normalized spacial score (nSPS) is 17.9. The van der Waals surface area contributed by atoms with Gasteiger partial charge in [-0.2, -0.15) is 0 Å². The van der Waals surface area contributed by atoms with E-state index in [1.54, 1.807) is 64.4 Å². The Balaban J connectivity index is 0.000000168. The molecule has 0 radical (unpaired) electrons. The number of fused-ring (bicyclic) bond motifs is 2. The Bertz CT molecular complexity index is 2930. The molecule has 5 aliphatic rings. The number of carbonyl (C=O) groups is 6. The number of ether oxygens (including phenoxy) is 2. The third kappa shape index (κ3) is 12.7. The molecule has 14 nitrogen and oxygen atoms in total. The zero-order chi connectivity index (χ0) is 54.1. The number of anilines is 2. The molecule has 5 heterocycles. The van der Waals surface area contributed by atoms with Crippen molar-refractivity contribution >= 4 is 75.6 Å². The quantitative estimate of drug-likeness (QED) is 0.135. The summed E-state index contributed by atoms with van der Waals surface area (Å²) >= 11 is 3.28. The average Bonchev–Trinajstić information content (AvgIpc) is 3.81. The van der Waals surface area contributed by atoms with Gasteiger partial charge < -0.3 is 38.4 Å². The number of nitrogens with zero attached hydrogens (tertiary/aromatic N) is 4. The van der Waals surface area contributed by atoms with Gasteiger partial charge in [0.2, 0.25) is 0 Å². The van der Waals surface area contributed by atoms with Crippen molar-refractivity contribution in [2.24, 2.45) is 0 Å². The molecular formula is C56H62BBrF2N4O10. The largest absolute Gasteiger partial charge is 0.490 e. The van der Waals surface area contributed by atoms with E-state index in [1.165, 1.54) is 34.1 Å². The van der Waals surface area contributed by atoms with Gasteiger partial charge in [-0.05, 0) is 168 Å². The summed E-state index contributed by atoms with van der Waals surface area (Å²) in [6, 6.07) is 22.5. The summed E-state index contributed by atoms with van der Waals surface area (Å²) in [7, 11) is -0.314. The van der Waals surface area contributed by atoms with Crippen molar-refractivity contribution in [3.8, 4) is 0 Å². The van der Waals surface area contributed by atoms with Crippen molar-refractivity contribution in [2.45, 2.75) is 118 Å². The van der Waals surface area contributed by atoms with Gasteiger partial charge in [-0.1, -0.05) is 54.6 Å². The number of ketones is 2. The van der Waals surface area contributed by atoms with E-state index in [2.05, 4.69) is 15.9 Å². The summed E-state index contributed by atoms with van der Waals surface area (Å²) in [5, 5.41) is 0. The van der Waals surface area contributed by atoms with Crippen LogP contribution in [0.25, 0.3) is 5.57 Å². The Labute approximate surface area is 439 Å². The maximum atomic E-state index is 13.6. The van der Waals surface area contributed by atoms with E-state index in [0.29, 0.717) is 76.3 Å². The molecular weight excluding hydrogens is 1020 g/mol. The molecule has 1 fully saturated rings. The maximum Gasteiger partial charge on any atom is 0.490 e. The molecule has 4 amide bonds. The van der Waals surface area contributed by atoms with Crippen molar-refractivity contribution in [2.75, 3.05) is 36.0 Å². The first-order valence-corrected chi connectivity index (χ1v) is 25.2. The zero-order valence-corrected chi connectivity index (χ0v) is 45.1. The highest BCUT2D eigenvalue weighted by Gasteiger charge is 2.52. The van der Waals surface area contributed by atoms with Gasteiger partial charge in [0.25, 0.3) is 23.4 Å². The van der Waals surface area contributed by atoms with Crippen LogP contribution in [0, 0.1) is 11.6 Å². The Hall–Kier alpha value is -6.50. The molecule has 0 unspecified atom stereocenters. The Morgan fingerprint density at radius 3 is 1.53 bits per heavy atom. The van der Waals surface area contributed by atoms with Crippen molar-refractivity contribution in [3.63, 3.8) is 0 Å². The van der Waals surface area contributed by atoms with Crippen LogP contribution in [0.2, 0.25) is 0 Å². The first kappa shape index (κ1) is 55.3. The van der Waals surface area contributed by atoms with Crippen LogP contribution in [-0.2, 0) is 41.5 Å². The molecule has 9 rings (SSSR count). The molecule has 18 heteroatoms. The number of benzene rings is 4. The van der Waals surface area contributed by atoms with Crippen LogP contribution in [0.5, 0.6) is 0 Å². The third-order valence-corrected chi connectivity index (χ3v) is 13.7. The number of rotatable bonds is 6. The molecule has 0 saturated carbocycles. The number of Topliss-reactive ketones (excluding diaryl/α,β-unsaturated/α-hetero) is 2. The fraction of sp³-hybridized carbons (Fsp3) is 0.393. The number of hydrogen-bond donors (Lipinski definition) is 0. The van der Waals surface area contributed by atoms with Crippen molar-refractivity contribution in [1.82, 2.24) is 9.80 Å². The predicted molar refractivity (Wildman–Crippen MR) is 281 cm³/mol. The number of hydrogen-bond acceptors (Lipinski definition) is 10. The van der Waals surface area contributed by atoms with E-state index in [0.717, 1.165) is 17.5 Å². The molecule has 4 aromatic carbocycles. The van der Waals surface area contributed by atoms with Crippen molar-refractivity contribution < 1.29 is 56.3 Å². The standard InChI is InChI=1S/C25H25FN2O4.C16H28BNO4.C15H9BrFNO2/c1-25(2,3)32-24(31)27-12-10-17(11-13-27)19-8-5-9-20-21(19)22(29)23(30)28(20)15-16-6-4-7-18(26)14-16;1-14(2,3)20-13(19)18-10-8-12(9-11-18)17-21-15(4,5)16(6,7)22-17;16-11-5-2-6-12-13(11)14(19)15(20)18(12)8-9-3-1-4-10(17)7-9/h4-10,14H,11-13,15H2,1-3H3;8H,9-11H2,1-7H3;1-7H,8H2. The summed E-state index contributed by atoms with van der Waals surface area (Å²) < 4.78 is 50.3. The van der Waals surface area contributed by atoms with Gasteiger partial charge in [-0.3, -0.25) is 19.2 Å². The summed E-state index contributed by atoms with van der Waals surface area (Å²) in [5.41, 5.74) is 4.08. The second-order valence-corrected chi connectivity index (χ2v) is 22.3. The summed E-state index contributed by atoms with van der Waals surface area (Å²) in [6.45, 7) is 21.5. The van der Waals surface area contributed by atoms with Gasteiger partial charge in [-0.25, -0.2) is 18.4 Å². The minimum Gasteiger partial charge on any atom is -0.444 e. The zero-order valence-electron chi connectivity index (χ0n) is 43.5. The van der Waals surface area contributed by atoms with E-state index in [-0.39, 0.29) is 49.4 Å². The average molecular weight is 1080 g/mol. The topological polar surface area (TPSA) is 152 Å². The van der Waals surface area contributed by atoms with Crippen molar-refractivity contribution in [3.05, 3.63) is 146 Å². The first-order valence-electron chi connectivity index (χ1n) is 24.5. The molecule has 74 heavy (non-hydrogen) atoms. The molecule has 1 saturated heterocycles. The fourth-order valence-corrected chi connectivity index (χ4v) is 9.19. The Morgan fingerprint density at radius 1 is 0.635 bits per heavy atom. The highest BCUT2D eigenvalue weighted by molar-refractivity contribution is 9.10. The lowest BCUT2D eigenvalue weighted by atomic mass is 9.75. The number of halogens is 3. The summed E-state index contributed by atoms with van der Waals surface area (Å²) in [4.78, 5) is 80.2. The van der Waals surface area contributed by atoms with Gasteiger partial charge in [0.1, 0.15) is 22.8 Å². The smallest absolute Gasteiger partial charge is 0.444 e. The van der Waals surface area contributed by atoms with Crippen LogP contribution >= 0.6 is 15.9 Å². The Kier molecular flexibility index (Phi) is 16.3. The van der Waals surface area contributed by atoms with Crippen LogP contribution in [0.15, 0.2) is 107 Å². The maximum absolute atomic E-state index is 13.6. The van der Waals surface area contributed by atoms with Crippen LogP contribution in [0.1, 0.15) is 119 Å². The van der Waals surface area contributed by atoms with Crippen LogP contribution in [-0.4, -0.2) is 101 Å². The Morgan fingerprint density at radius 2 is 1.08 bits per heavy atom. The molecule has 0 aromatic heterocycles. The van der Waals surface area contributed by atoms with Gasteiger partial charge >= 0.3 is 19.3 Å².